The second kappa shape index (κ2) is 6.83. The zero-order valence-electron chi connectivity index (χ0n) is 10.4. The van der Waals surface area contributed by atoms with Crippen LogP contribution in [0.4, 0.5) is 5.69 Å². The summed E-state index contributed by atoms with van der Waals surface area (Å²) < 4.78 is 25.8. The lowest BCUT2D eigenvalue weighted by Crippen LogP contribution is -2.29. The Balaban J connectivity index is 2.74. The Hall–Kier alpha value is -1.18. The molecule has 0 amide bonds. The lowest BCUT2D eigenvalue weighted by atomic mass is 10.2. The fourth-order valence-electron chi connectivity index (χ4n) is 1.50. The van der Waals surface area contributed by atoms with Crippen molar-refractivity contribution in [3.05, 3.63) is 39.9 Å². The molecule has 1 aromatic rings. The molecule has 1 rings (SSSR count). The van der Waals surface area contributed by atoms with Crippen LogP contribution in [0.15, 0.2) is 24.3 Å². The van der Waals surface area contributed by atoms with Crippen molar-refractivity contribution in [1.82, 2.24) is 4.72 Å². The van der Waals surface area contributed by atoms with Crippen LogP contribution in [0.25, 0.3) is 0 Å². The summed E-state index contributed by atoms with van der Waals surface area (Å²) in [7, 11) is -3.49. The third-order valence-corrected chi connectivity index (χ3v) is 4.56. The highest BCUT2D eigenvalue weighted by Crippen LogP contribution is 2.17. The number of halogens is 1. The number of nitro groups is 1. The molecule has 0 aliphatic carbocycles. The second-order valence-electron chi connectivity index (χ2n) is 4.25. The van der Waals surface area contributed by atoms with Gasteiger partial charge in [0, 0.05) is 24.1 Å². The van der Waals surface area contributed by atoms with Crippen molar-refractivity contribution in [3.63, 3.8) is 0 Å². The van der Waals surface area contributed by atoms with Gasteiger partial charge >= 0.3 is 0 Å². The van der Waals surface area contributed by atoms with Gasteiger partial charge in [0.25, 0.3) is 5.69 Å². The van der Waals surface area contributed by atoms with Gasteiger partial charge in [0.15, 0.2) is 0 Å². The minimum Gasteiger partial charge on any atom is -0.258 e. The summed E-state index contributed by atoms with van der Waals surface area (Å²) in [6.07, 6.45) is 0. The Bertz CT molecular complexity index is 547. The minimum absolute atomic E-state index is 0.100. The van der Waals surface area contributed by atoms with Gasteiger partial charge in [0.05, 0.1) is 10.7 Å². The van der Waals surface area contributed by atoms with Crippen LogP contribution in [0.2, 0.25) is 0 Å². The summed E-state index contributed by atoms with van der Waals surface area (Å²) in [5, 5.41) is 10.8. The average molecular weight is 307 g/mol. The van der Waals surface area contributed by atoms with Crippen molar-refractivity contribution in [1.29, 1.82) is 0 Å². The molecule has 0 saturated carbocycles. The fourth-order valence-corrected chi connectivity index (χ4v) is 3.10. The van der Waals surface area contributed by atoms with Gasteiger partial charge in [0.1, 0.15) is 0 Å². The summed E-state index contributed by atoms with van der Waals surface area (Å²) >= 11 is 5.56. The largest absolute Gasteiger partial charge is 0.273 e. The lowest BCUT2D eigenvalue weighted by molar-refractivity contribution is -0.385. The van der Waals surface area contributed by atoms with Crippen LogP contribution in [-0.2, 0) is 16.6 Å². The second-order valence-corrected chi connectivity index (χ2v) is 6.41. The highest BCUT2D eigenvalue weighted by atomic mass is 35.5. The Morgan fingerprint density at radius 1 is 1.42 bits per heavy atom. The zero-order chi connectivity index (χ0) is 14.5. The van der Waals surface area contributed by atoms with Crippen LogP contribution in [-0.4, -0.2) is 25.0 Å². The molecule has 0 fully saturated rings. The summed E-state index contributed by atoms with van der Waals surface area (Å²) in [5.41, 5.74) is 0.227. The van der Waals surface area contributed by atoms with E-state index in [0.717, 1.165) is 0 Å². The molecule has 0 bridgehead atoms. The number of alkyl halides is 1. The Labute approximate surface area is 117 Å². The number of nitrogens with one attached hydrogen (secondary N) is 1. The van der Waals surface area contributed by atoms with Crippen molar-refractivity contribution in [2.24, 2.45) is 5.92 Å². The van der Waals surface area contributed by atoms with Gasteiger partial charge < -0.3 is 0 Å². The maximum Gasteiger partial charge on any atom is 0.273 e. The number of rotatable bonds is 7. The molecule has 0 heterocycles. The van der Waals surface area contributed by atoms with Crippen molar-refractivity contribution >= 4 is 27.3 Å². The maximum absolute atomic E-state index is 11.7. The third-order valence-electron chi connectivity index (χ3n) is 2.44. The Morgan fingerprint density at radius 2 is 2.05 bits per heavy atom. The van der Waals surface area contributed by atoms with E-state index >= 15 is 0 Å². The summed E-state index contributed by atoms with van der Waals surface area (Å²) in [6.45, 7) is 1.62. The molecule has 1 atom stereocenters. The summed E-state index contributed by atoms with van der Waals surface area (Å²) in [5.74, 6) is -0.0336. The van der Waals surface area contributed by atoms with Crippen molar-refractivity contribution in [2.75, 3.05) is 11.6 Å². The molecule has 1 N–H and O–H groups in total. The average Bonchev–Trinajstić information content (AvgIpc) is 2.36. The third kappa shape index (κ3) is 5.14. The molecule has 0 saturated heterocycles. The summed E-state index contributed by atoms with van der Waals surface area (Å²) in [6, 6.07) is 6.01. The predicted octanol–water partition coefficient (Wildman–Crippen LogP) is 1.89. The first kappa shape index (κ1) is 15.9. The molecule has 1 aromatic carbocycles. The number of nitrogens with zero attached hydrogens (tertiary/aromatic N) is 1. The normalized spacial score (nSPS) is 13.2. The Kier molecular flexibility index (Phi) is 5.71. The maximum atomic E-state index is 11.7. The van der Waals surface area contributed by atoms with Crippen LogP contribution < -0.4 is 4.72 Å². The molecule has 0 aliphatic heterocycles. The molecule has 0 radical (unpaired) electrons. The molecule has 106 valence electrons. The van der Waals surface area contributed by atoms with Crippen LogP contribution >= 0.6 is 11.6 Å². The molecule has 0 spiro atoms. The van der Waals surface area contributed by atoms with Crippen molar-refractivity contribution in [3.8, 4) is 0 Å². The van der Waals surface area contributed by atoms with E-state index in [1.807, 2.05) is 0 Å². The van der Waals surface area contributed by atoms with Gasteiger partial charge in [0.2, 0.25) is 10.0 Å². The summed E-state index contributed by atoms with van der Waals surface area (Å²) in [4.78, 5) is 10.2. The highest BCUT2D eigenvalue weighted by Gasteiger charge is 2.18. The topological polar surface area (TPSA) is 89.3 Å². The molecule has 8 heteroatoms. The van der Waals surface area contributed by atoms with E-state index in [1.54, 1.807) is 13.0 Å². The van der Waals surface area contributed by atoms with Crippen LogP contribution in [0.1, 0.15) is 12.5 Å². The van der Waals surface area contributed by atoms with Gasteiger partial charge in [-0.05, 0) is 5.92 Å². The first-order valence-corrected chi connectivity index (χ1v) is 7.80. The van der Waals surface area contributed by atoms with Gasteiger partial charge in [-0.2, -0.15) is 0 Å². The Morgan fingerprint density at radius 3 is 2.63 bits per heavy atom. The predicted molar refractivity (Wildman–Crippen MR) is 73.6 cm³/mol. The SMILES string of the molecule is CC(CCl)CS(=O)(=O)NCc1ccccc1[N+](=O)[O-]. The molecule has 0 aromatic heterocycles. The molecule has 6 nitrogen and oxygen atoms in total. The minimum atomic E-state index is -3.49. The van der Waals surface area contributed by atoms with Crippen molar-refractivity contribution < 1.29 is 13.3 Å². The van der Waals surface area contributed by atoms with E-state index in [0.29, 0.717) is 5.56 Å². The number of benzene rings is 1. The first-order chi connectivity index (χ1) is 8.85. The number of hydrogen-bond donors (Lipinski definition) is 1. The molecular formula is C11H15ClN2O4S. The molecular weight excluding hydrogens is 292 g/mol. The van der Waals surface area contributed by atoms with E-state index in [4.69, 9.17) is 11.6 Å². The van der Waals surface area contributed by atoms with Gasteiger partial charge in [-0.25, -0.2) is 13.1 Å². The van der Waals surface area contributed by atoms with E-state index in [-0.39, 0.29) is 29.8 Å². The standard InChI is InChI=1S/C11H15ClN2O4S/c1-9(6-12)8-19(17,18)13-7-10-4-2-3-5-11(10)14(15)16/h2-5,9,13H,6-8H2,1H3. The molecule has 19 heavy (non-hydrogen) atoms. The van der Waals surface area contributed by atoms with E-state index < -0.39 is 14.9 Å². The smallest absolute Gasteiger partial charge is 0.258 e. The number of hydrogen-bond acceptors (Lipinski definition) is 4. The van der Waals surface area contributed by atoms with Crippen molar-refractivity contribution in [2.45, 2.75) is 13.5 Å². The van der Waals surface area contributed by atoms with E-state index in [9.17, 15) is 18.5 Å². The van der Waals surface area contributed by atoms with Crippen LogP contribution in [0.3, 0.4) is 0 Å². The quantitative estimate of drug-likeness (QED) is 0.473. The van der Waals surface area contributed by atoms with Gasteiger partial charge in [-0.15, -0.1) is 11.6 Å². The first-order valence-electron chi connectivity index (χ1n) is 5.61. The monoisotopic (exact) mass is 306 g/mol. The number of para-hydroxylation sites is 1. The fraction of sp³-hybridized carbons (Fsp3) is 0.455. The lowest BCUT2D eigenvalue weighted by Gasteiger charge is -2.10. The molecule has 1 unspecified atom stereocenters. The zero-order valence-corrected chi connectivity index (χ0v) is 11.9. The van der Waals surface area contributed by atoms with Crippen LogP contribution in [0, 0.1) is 16.0 Å². The van der Waals surface area contributed by atoms with Crippen LogP contribution in [0.5, 0.6) is 0 Å². The number of sulfonamides is 1. The van der Waals surface area contributed by atoms with Gasteiger partial charge in [-0.3, -0.25) is 10.1 Å². The molecule has 0 aliphatic rings. The van der Waals surface area contributed by atoms with Gasteiger partial charge in [-0.1, -0.05) is 25.1 Å². The van der Waals surface area contributed by atoms with E-state index in [2.05, 4.69) is 4.72 Å². The highest BCUT2D eigenvalue weighted by molar-refractivity contribution is 7.89. The number of nitro benzene ring substituents is 1. The van der Waals surface area contributed by atoms with E-state index in [1.165, 1.54) is 18.2 Å².